The van der Waals surface area contributed by atoms with Crippen LogP contribution >= 0.6 is 33.9 Å². The van der Waals surface area contributed by atoms with Gasteiger partial charge in [-0.05, 0) is 59.0 Å². The molecule has 0 spiro atoms. The van der Waals surface area contributed by atoms with Gasteiger partial charge < -0.3 is 5.32 Å². The maximum Gasteiger partial charge on any atom is 0.0480 e. The van der Waals surface area contributed by atoms with E-state index in [1.807, 2.05) is 11.3 Å². The Balaban J connectivity index is 1.84. The van der Waals surface area contributed by atoms with Gasteiger partial charge in [-0.1, -0.05) is 37.5 Å². The molecule has 106 valence electrons. The number of halogens is 1. The Morgan fingerprint density at radius 3 is 2.55 bits per heavy atom. The second-order valence-electron chi connectivity index (χ2n) is 5.70. The predicted molar refractivity (Wildman–Crippen MR) is 96.6 cm³/mol. The van der Waals surface area contributed by atoms with E-state index >= 15 is 0 Å². The van der Waals surface area contributed by atoms with Crippen molar-refractivity contribution in [2.75, 3.05) is 5.32 Å². The molecule has 0 saturated heterocycles. The van der Waals surface area contributed by atoms with E-state index in [4.69, 9.17) is 0 Å². The average Bonchev–Trinajstić information content (AvgIpc) is 2.95. The third-order valence-corrected chi connectivity index (χ3v) is 5.99. The number of anilines is 1. The highest BCUT2D eigenvalue weighted by molar-refractivity contribution is 14.1. The van der Waals surface area contributed by atoms with Crippen LogP contribution in [0.15, 0.2) is 41.8 Å². The molecule has 1 aliphatic rings. The van der Waals surface area contributed by atoms with Crippen LogP contribution in [0.1, 0.15) is 37.0 Å². The van der Waals surface area contributed by atoms with Gasteiger partial charge in [-0.15, -0.1) is 11.3 Å². The summed E-state index contributed by atoms with van der Waals surface area (Å²) in [6.07, 6.45) is 7.82. The van der Waals surface area contributed by atoms with E-state index in [0.29, 0.717) is 0 Å². The van der Waals surface area contributed by atoms with Crippen molar-refractivity contribution in [1.29, 1.82) is 0 Å². The zero-order chi connectivity index (χ0) is 13.8. The Kier molecular flexibility index (Phi) is 4.66. The number of rotatable bonds is 4. The van der Waals surface area contributed by atoms with Crippen LogP contribution in [0.4, 0.5) is 5.69 Å². The van der Waals surface area contributed by atoms with Crippen molar-refractivity contribution in [3.05, 3.63) is 50.2 Å². The summed E-state index contributed by atoms with van der Waals surface area (Å²) in [6.45, 7) is 0. The van der Waals surface area contributed by atoms with Crippen LogP contribution in [-0.4, -0.2) is 5.54 Å². The largest absolute Gasteiger partial charge is 0.378 e. The van der Waals surface area contributed by atoms with E-state index in [1.54, 1.807) is 0 Å². The van der Waals surface area contributed by atoms with Gasteiger partial charge in [-0.2, -0.15) is 0 Å². The summed E-state index contributed by atoms with van der Waals surface area (Å²) in [7, 11) is 0. The first-order chi connectivity index (χ1) is 9.77. The summed E-state index contributed by atoms with van der Waals surface area (Å²) >= 11 is 4.32. The highest BCUT2D eigenvalue weighted by Crippen LogP contribution is 2.36. The first kappa shape index (κ1) is 14.4. The molecule has 1 aromatic heterocycles. The summed E-state index contributed by atoms with van der Waals surface area (Å²) in [5.41, 5.74) is 1.55. The quantitative estimate of drug-likeness (QED) is 0.652. The molecule has 0 atom stereocenters. The van der Waals surface area contributed by atoms with Gasteiger partial charge >= 0.3 is 0 Å². The fourth-order valence-electron chi connectivity index (χ4n) is 3.17. The molecule has 0 unspecified atom stereocenters. The lowest BCUT2D eigenvalue weighted by atomic mass is 9.78. The third-order valence-electron chi connectivity index (χ3n) is 4.18. The minimum atomic E-state index is 0.254. The van der Waals surface area contributed by atoms with Gasteiger partial charge in [-0.25, -0.2) is 0 Å². The monoisotopic (exact) mass is 397 g/mol. The molecular formula is C17H20INS. The van der Waals surface area contributed by atoms with Crippen LogP contribution in [0.3, 0.4) is 0 Å². The van der Waals surface area contributed by atoms with E-state index in [2.05, 4.69) is 69.7 Å². The van der Waals surface area contributed by atoms with Gasteiger partial charge in [0.25, 0.3) is 0 Å². The molecule has 1 nitrogen and oxygen atoms in total. The zero-order valence-corrected chi connectivity index (χ0v) is 14.5. The van der Waals surface area contributed by atoms with E-state index in [0.717, 1.165) is 6.42 Å². The van der Waals surface area contributed by atoms with Crippen LogP contribution in [0, 0.1) is 3.57 Å². The number of thiophene rings is 1. The van der Waals surface area contributed by atoms with Gasteiger partial charge in [-0.3, -0.25) is 0 Å². The Morgan fingerprint density at radius 2 is 1.85 bits per heavy atom. The summed E-state index contributed by atoms with van der Waals surface area (Å²) in [5.74, 6) is 0. The van der Waals surface area contributed by atoms with Gasteiger partial charge in [0, 0.05) is 26.1 Å². The molecule has 1 fully saturated rings. The first-order valence-corrected chi connectivity index (χ1v) is 9.28. The maximum absolute atomic E-state index is 3.90. The molecule has 1 aliphatic carbocycles. The molecular weight excluding hydrogens is 377 g/mol. The van der Waals surface area contributed by atoms with Crippen molar-refractivity contribution in [2.24, 2.45) is 0 Å². The van der Waals surface area contributed by atoms with Gasteiger partial charge in [0.2, 0.25) is 0 Å². The fraction of sp³-hybridized carbons (Fsp3) is 0.412. The lowest BCUT2D eigenvalue weighted by molar-refractivity contribution is 0.322. The normalized spacial score (nSPS) is 17.9. The van der Waals surface area contributed by atoms with Crippen molar-refractivity contribution >= 4 is 39.6 Å². The summed E-state index contributed by atoms with van der Waals surface area (Å²) in [5, 5.41) is 6.09. The van der Waals surface area contributed by atoms with Crippen molar-refractivity contribution in [2.45, 2.75) is 44.1 Å². The highest BCUT2D eigenvalue weighted by atomic mass is 127. The van der Waals surface area contributed by atoms with Crippen LogP contribution < -0.4 is 5.32 Å². The Morgan fingerprint density at radius 1 is 1.05 bits per heavy atom. The standard InChI is InChI=1S/C17H20INS/c18-15-8-2-3-9-16(15)19-17(10-4-1-5-11-17)13-14-7-6-12-20-14/h2-3,6-9,12,19H,1,4-5,10-11,13H2. The molecule has 3 rings (SSSR count). The lowest BCUT2D eigenvalue weighted by Crippen LogP contribution is -2.42. The highest BCUT2D eigenvalue weighted by Gasteiger charge is 2.32. The van der Waals surface area contributed by atoms with Crippen LogP contribution in [-0.2, 0) is 6.42 Å². The predicted octanol–water partition coefficient (Wildman–Crippen LogP) is 5.71. The SMILES string of the molecule is Ic1ccccc1NC1(Cc2cccs2)CCCCC1. The van der Waals surface area contributed by atoms with Crippen LogP contribution in [0.5, 0.6) is 0 Å². The smallest absolute Gasteiger partial charge is 0.0480 e. The molecule has 1 heterocycles. The summed E-state index contributed by atoms with van der Waals surface area (Å²) in [6, 6.07) is 13.1. The molecule has 0 bridgehead atoms. The van der Waals surface area contributed by atoms with E-state index in [1.165, 1.54) is 46.2 Å². The third kappa shape index (κ3) is 3.37. The van der Waals surface area contributed by atoms with Gasteiger partial charge in [0.1, 0.15) is 0 Å². The summed E-state index contributed by atoms with van der Waals surface area (Å²) in [4.78, 5) is 1.50. The van der Waals surface area contributed by atoms with Gasteiger partial charge in [0.15, 0.2) is 0 Å². The molecule has 1 saturated carbocycles. The minimum absolute atomic E-state index is 0.254. The topological polar surface area (TPSA) is 12.0 Å². The molecule has 20 heavy (non-hydrogen) atoms. The van der Waals surface area contributed by atoms with E-state index in [9.17, 15) is 0 Å². The fourth-order valence-corrected chi connectivity index (χ4v) is 4.54. The first-order valence-electron chi connectivity index (χ1n) is 7.33. The maximum atomic E-state index is 3.90. The minimum Gasteiger partial charge on any atom is -0.378 e. The number of nitrogens with one attached hydrogen (secondary N) is 1. The summed E-state index contributed by atoms with van der Waals surface area (Å²) < 4.78 is 1.32. The second-order valence-corrected chi connectivity index (χ2v) is 7.90. The number of hydrogen-bond acceptors (Lipinski definition) is 2. The van der Waals surface area contributed by atoms with Crippen LogP contribution in [0.2, 0.25) is 0 Å². The molecule has 3 heteroatoms. The molecule has 0 aliphatic heterocycles. The number of benzene rings is 1. The van der Waals surface area contributed by atoms with Gasteiger partial charge in [0.05, 0.1) is 0 Å². The zero-order valence-electron chi connectivity index (χ0n) is 11.6. The van der Waals surface area contributed by atoms with Crippen molar-refractivity contribution in [1.82, 2.24) is 0 Å². The van der Waals surface area contributed by atoms with E-state index < -0.39 is 0 Å². The molecule has 1 N–H and O–H groups in total. The lowest BCUT2D eigenvalue weighted by Gasteiger charge is -2.39. The Labute approximate surface area is 138 Å². The second kappa shape index (κ2) is 6.48. The number of para-hydroxylation sites is 1. The molecule has 0 amide bonds. The number of hydrogen-bond donors (Lipinski definition) is 1. The molecule has 1 aromatic carbocycles. The average molecular weight is 397 g/mol. The van der Waals surface area contributed by atoms with Crippen molar-refractivity contribution in [3.8, 4) is 0 Å². The Hall–Kier alpha value is -0.550. The Bertz CT molecular complexity index is 544. The van der Waals surface area contributed by atoms with Crippen molar-refractivity contribution in [3.63, 3.8) is 0 Å². The van der Waals surface area contributed by atoms with Crippen molar-refractivity contribution < 1.29 is 0 Å². The van der Waals surface area contributed by atoms with Crippen LogP contribution in [0.25, 0.3) is 0 Å². The molecule has 2 aromatic rings. The van der Waals surface area contributed by atoms with E-state index in [-0.39, 0.29) is 5.54 Å². The molecule has 0 radical (unpaired) electrons.